The van der Waals surface area contributed by atoms with Gasteiger partial charge in [0.25, 0.3) is 10.2 Å². The zero-order chi connectivity index (χ0) is 11.5. The molecule has 0 radical (unpaired) electrons. The molecule has 5 nitrogen and oxygen atoms in total. The number of anilines is 1. The fourth-order valence-electron chi connectivity index (χ4n) is 1.02. The van der Waals surface area contributed by atoms with Gasteiger partial charge in [0.1, 0.15) is 5.75 Å². The van der Waals surface area contributed by atoms with Crippen molar-refractivity contribution >= 4 is 15.9 Å². The average molecular weight is 230 g/mol. The number of aromatic hydroxyl groups is 1. The van der Waals surface area contributed by atoms with Crippen LogP contribution in [-0.2, 0) is 10.2 Å². The molecule has 1 rings (SSSR count). The summed E-state index contributed by atoms with van der Waals surface area (Å²) < 4.78 is 27.5. The van der Waals surface area contributed by atoms with Crippen LogP contribution in [0.5, 0.6) is 5.75 Å². The normalized spacial score (nSPS) is 11.7. The Morgan fingerprint density at radius 1 is 1.20 bits per heavy atom. The molecule has 0 atom stereocenters. The topological polar surface area (TPSA) is 78.4 Å². The van der Waals surface area contributed by atoms with Crippen molar-refractivity contribution in [3.05, 3.63) is 24.3 Å². The molecule has 0 aliphatic carbocycles. The van der Waals surface area contributed by atoms with Crippen molar-refractivity contribution in [3.8, 4) is 5.75 Å². The van der Waals surface area contributed by atoms with Gasteiger partial charge in [0.15, 0.2) is 0 Å². The summed E-state index contributed by atoms with van der Waals surface area (Å²) >= 11 is 0. The first-order valence-corrected chi connectivity index (χ1v) is 5.96. The second-order valence-corrected chi connectivity index (χ2v) is 4.87. The van der Waals surface area contributed by atoms with E-state index in [-0.39, 0.29) is 11.8 Å². The number of hydrogen-bond donors (Lipinski definition) is 3. The maximum Gasteiger partial charge on any atom is 0.299 e. The second-order valence-electron chi connectivity index (χ2n) is 3.42. The fraction of sp³-hybridized carbons (Fsp3) is 0.333. The maximum absolute atomic E-state index is 11.4. The van der Waals surface area contributed by atoms with Gasteiger partial charge in [-0.1, -0.05) is 0 Å². The quantitative estimate of drug-likeness (QED) is 0.676. The lowest BCUT2D eigenvalue weighted by Crippen LogP contribution is -2.35. The number of nitrogens with one attached hydrogen (secondary N) is 2. The third-order valence-corrected chi connectivity index (χ3v) is 2.80. The number of phenolic OH excluding ortho intramolecular Hbond substituents is 1. The van der Waals surface area contributed by atoms with Crippen molar-refractivity contribution in [3.63, 3.8) is 0 Å². The fourth-order valence-corrected chi connectivity index (χ4v) is 2.15. The Morgan fingerprint density at radius 2 is 1.73 bits per heavy atom. The number of rotatable bonds is 4. The van der Waals surface area contributed by atoms with E-state index in [4.69, 9.17) is 5.11 Å². The highest BCUT2D eigenvalue weighted by molar-refractivity contribution is 7.90. The van der Waals surface area contributed by atoms with Crippen molar-refractivity contribution in [1.29, 1.82) is 0 Å². The van der Waals surface area contributed by atoms with Gasteiger partial charge < -0.3 is 5.11 Å². The standard InChI is InChI=1S/C9H14N2O3S/c1-7(2)10-15(13,14)11-8-3-5-9(12)6-4-8/h3-7,10-12H,1-2H3. The highest BCUT2D eigenvalue weighted by Crippen LogP contribution is 2.14. The van der Waals surface area contributed by atoms with E-state index in [1.807, 2.05) is 0 Å². The van der Waals surface area contributed by atoms with Gasteiger partial charge in [-0.25, -0.2) is 0 Å². The van der Waals surface area contributed by atoms with E-state index in [1.165, 1.54) is 24.3 Å². The van der Waals surface area contributed by atoms with Gasteiger partial charge in [-0.3, -0.25) is 4.72 Å². The number of benzene rings is 1. The molecule has 6 heteroatoms. The van der Waals surface area contributed by atoms with E-state index >= 15 is 0 Å². The van der Waals surface area contributed by atoms with E-state index in [0.29, 0.717) is 5.69 Å². The van der Waals surface area contributed by atoms with E-state index in [0.717, 1.165) is 0 Å². The molecule has 0 unspecified atom stereocenters. The van der Waals surface area contributed by atoms with Crippen LogP contribution in [0.1, 0.15) is 13.8 Å². The first-order chi connectivity index (χ1) is 6.89. The van der Waals surface area contributed by atoms with E-state index < -0.39 is 10.2 Å². The Morgan fingerprint density at radius 3 is 2.20 bits per heavy atom. The van der Waals surface area contributed by atoms with Gasteiger partial charge in [-0.2, -0.15) is 13.1 Å². The summed E-state index contributed by atoms with van der Waals surface area (Å²) in [7, 11) is -3.53. The van der Waals surface area contributed by atoms with Crippen LogP contribution in [0.3, 0.4) is 0 Å². The molecule has 0 heterocycles. The molecule has 0 bridgehead atoms. The lowest BCUT2D eigenvalue weighted by atomic mass is 10.3. The van der Waals surface area contributed by atoms with Gasteiger partial charge in [-0.05, 0) is 38.1 Å². The zero-order valence-electron chi connectivity index (χ0n) is 8.56. The van der Waals surface area contributed by atoms with Crippen molar-refractivity contribution in [2.75, 3.05) is 4.72 Å². The van der Waals surface area contributed by atoms with Gasteiger partial charge >= 0.3 is 0 Å². The molecule has 0 spiro atoms. The largest absolute Gasteiger partial charge is 0.508 e. The summed E-state index contributed by atoms with van der Waals surface area (Å²) in [5.74, 6) is 0.0924. The van der Waals surface area contributed by atoms with Crippen molar-refractivity contribution < 1.29 is 13.5 Å². The predicted octanol–water partition coefficient (Wildman–Crippen LogP) is 1.05. The molecule has 84 valence electrons. The van der Waals surface area contributed by atoms with E-state index in [9.17, 15) is 8.42 Å². The molecule has 1 aromatic rings. The zero-order valence-corrected chi connectivity index (χ0v) is 9.38. The third-order valence-electron chi connectivity index (χ3n) is 1.51. The summed E-state index contributed by atoms with van der Waals surface area (Å²) in [5, 5.41) is 9.01. The molecular weight excluding hydrogens is 216 g/mol. The Hall–Kier alpha value is -1.27. The molecule has 0 fully saturated rings. The lowest BCUT2D eigenvalue weighted by molar-refractivity contribution is 0.475. The Bertz CT molecular complexity index is 411. The molecular formula is C9H14N2O3S. The van der Waals surface area contributed by atoms with Crippen LogP contribution >= 0.6 is 0 Å². The van der Waals surface area contributed by atoms with Gasteiger partial charge in [0, 0.05) is 11.7 Å². The van der Waals surface area contributed by atoms with Crippen molar-refractivity contribution in [1.82, 2.24) is 4.72 Å². The lowest BCUT2D eigenvalue weighted by Gasteiger charge is -2.11. The molecule has 15 heavy (non-hydrogen) atoms. The van der Waals surface area contributed by atoms with E-state index in [2.05, 4.69) is 9.44 Å². The van der Waals surface area contributed by atoms with Crippen LogP contribution in [0.25, 0.3) is 0 Å². The second kappa shape index (κ2) is 4.50. The Labute approximate surface area is 89.3 Å². The van der Waals surface area contributed by atoms with Crippen LogP contribution in [-0.4, -0.2) is 19.6 Å². The van der Waals surface area contributed by atoms with Crippen molar-refractivity contribution in [2.24, 2.45) is 0 Å². The summed E-state index contributed by atoms with van der Waals surface area (Å²) in [6.45, 7) is 3.46. The molecule has 0 aliphatic rings. The minimum atomic E-state index is -3.53. The Kier molecular flexibility index (Phi) is 3.54. The van der Waals surface area contributed by atoms with E-state index in [1.54, 1.807) is 13.8 Å². The van der Waals surface area contributed by atoms with Crippen LogP contribution in [0.4, 0.5) is 5.69 Å². The molecule has 0 aromatic heterocycles. The van der Waals surface area contributed by atoms with Gasteiger partial charge in [-0.15, -0.1) is 0 Å². The minimum Gasteiger partial charge on any atom is -0.508 e. The Balaban J connectivity index is 2.73. The first-order valence-electron chi connectivity index (χ1n) is 4.48. The van der Waals surface area contributed by atoms with Gasteiger partial charge in [0.05, 0.1) is 0 Å². The number of hydrogen-bond acceptors (Lipinski definition) is 3. The SMILES string of the molecule is CC(C)NS(=O)(=O)Nc1ccc(O)cc1. The molecule has 0 saturated carbocycles. The van der Waals surface area contributed by atoms with Crippen LogP contribution in [0.15, 0.2) is 24.3 Å². The predicted molar refractivity (Wildman–Crippen MR) is 58.9 cm³/mol. The molecule has 0 amide bonds. The summed E-state index contributed by atoms with van der Waals surface area (Å²) in [4.78, 5) is 0. The number of phenols is 1. The molecule has 3 N–H and O–H groups in total. The molecule has 0 aliphatic heterocycles. The maximum atomic E-state index is 11.4. The minimum absolute atomic E-state index is 0.0924. The summed E-state index contributed by atoms with van der Waals surface area (Å²) in [5.41, 5.74) is 0.404. The average Bonchev–Trinajstić information content (AvgIpc) is 2.06. The van der Waals surface area contributed by atoms with Crippen LogP contribution in [0, 0.1) is 0 Å². The third kappa shape index (κ3) is 4.18. The van der Waals surface area contributed by atoms with Crippen LogP contribution < -0.4 is 9.44 Å². The molecule has 1 aromatic carbocycles. The van der Waals surface area contributed by atoms with Crippen LogP contribution in [0.2, 0.25) is 0 Å². The summed E-state index contributed by atoms with van der Waals surface area (Å²) in [6.07, 6.45) is 0. The smallest absolute Gasteiger partial charge is 0.299 e. The highest BCUT2D eigenvalue weighted by Gasteiger charge is 2.10. The summed E-state index contributed by atoms with van der Waals surface area (Å²) in [6, 6.07) is 5.61. The molecule has 0 saturated heterocycles. The van der Waals surface area contributed by atoms with Gasteiger partial charge in [0.2, 0.25) is 0 Å². The highest BCUT2D eigenvalue weighted by atomic mass is 32.2. The first kappa shape index (κ1) is 11.8. The monoisotopic (exact) mass is 230 g/mol. The van der Waals surface area contributed by atoms with Crippen molar-refractivity contribution in [2.45, 2.75) is 19.9 Å².